The lowest BCUT2D eigenvalue weighted by Crippen LogP contribution is -2.28. The Hall–Kier alpha value is -3.15. The summed E-state index contributed by atoms with van der Waals surface area (Å²) in [5, 5.41) is 6.17. The average molecular weight is 325 g/mol. The lowest BCUT2D eigenvalue weighted by molar-refractivity contribution is 0.0964. The number of carbonyl (C=O) groups is 2. The van der Waals surface area contributed by atoms with E-state index in [1.54, 1.807) is 36.5 Å². The van der Waals surface area contributed by atoms with Crippen molar-refractivity contribution in [3.05, 3.63) is 66.1 Å². The summed E-state index contributed by atoms with van der Waals surface area (Å²) < 4.78 is 14.8. The summed E-state index contributed by atoms with van der Waals surface area (Å²) in [5.74, 6) is -0.764. The van der Waals surface area contributed by atoms with Crippen molar-refractivity contribution in [2.45, 2.75) is 6.92 Å². The number of halogens is 1. The summed E-state index contributed by atoms with van der Waals surface area (Å²) in [6, 6.07) is 12.3. The third-order valence-electron chi connectivity index (χ3n) is 3.58. The first-order chi connectivity index (χ1) is 11.6. The minimum atomic E-state index is -0.453. The van der Waals surface area contributed by atoms with Crippen LogP contribution in [0.1, 0.15) is 17.3 Å². The minimum Gasteiger partial charge on any atom is -0.338 e. The monoisotopic (exact) mass is 325 g/mol. The van der Waals surface area contributed by atoms with Crippen LogP contribution in [0, 0.1) is 5.82 Å². The Balaban J connectivity index is 1.91. The summed E-state index contributed by atoms with van der Waals surface area (Å²) in [7, 11) is 0. The molecule has 3 rings (SSSR count). The number of fused-ring (bicyclic) bond motifs is 1. The van der Waals surface area contributed by atoms with Gasteiger partial charge in [-0.2, -0.15) is 0 Å². The van der Waals surface area contributed by atoms with E-state index in [1.807, 2.05) is 6.92 Å². The van der Waals surface area contributed by atoms with Gasteiger partial charge in [-0.1, -0.05) is 6.07 Å². The smallest absolute Gasteiger partial charge is 0.319 e. The van der Waals surface area contributed by atoms with Gasteiger partial charge in [0.2, 0.25) is 0 Å². The van der Waals surface area contributed by atoms with E-state index in [-0.39, 0.29) is 17.5 Å². The Morgan fingerprint density at radius 1 is 1.12 bits per heavy atom. The van der Waals surface area contributed by atoms with Gasteiger partial charge >= 0.3 is 6.03 Å². The zero-order valence-corrected chi connectivity index (χ0v) is 13.0. The molecule has 0 saturated carbocycles. The van der Waals surface area contributed by atoms with Crippen molar-refractivity contribution >= 4 is 28.5 Å². The molecule has 3 aromatic rings. The van der Waals surface area contributed by atoms with E-state index < -0.39 is 5.82 Å². The van der Waals surface area contributed by atoms with Gasteiger partial charge in [0.1, 0.15) is 5.82 Å². The van der Waals surface area contributed by atoms with Gasteiger partial charge in [0.25, 0.3) is 5.91 Å². The largest absolute Gasteiger partial charge is 0.338 e. The van der Waals surface area contributed by atoms with Crippen molar-refractivity contribution in [3.8, 4) is 0 Å². The van der Waals surface area contributed by atoms with Gasteiger partial charge in [-0.05, 0) is 49.4 Å². The molecule has 2 N–H and O–H groups in total. The predicted molar refractivity (Wildman–Crippen MR) is 90.8 cm³/mol. The molecule has 0 spiro atoms. The maximum absolute atomic E-state index is 13.3. The van der Waals surface area contributed by atoms with E-state index in [2.05, 4.69) is 10.6 Å². The van der Waals surface area contributed by atoms with Crippen LogP contribution in [0.5, 0.6) is 0 Å². The molecular formula is C18H16FN3O2. The van der Waals surface area contributed by atoms with Crippen molar-refractivity contribution in [1.29, 1.82) is 0 Å². The van der Waals surface area contributed by atoms with Gasteiger partial charge in [-0.25, -0.2) is 9.18 Å². The number of nitrogens with zero attached hydrogens (tertiary/aromatic N) is 1. The van der Waals surface area contributed by atoms with E-state index in [0.717, 1.165) is 5.39 Å². The standard InChI is InChI=1S/C18H16FN3O2/c1-2-20-18(24)21-15-6-7-16-12(11-15)8-9-22(16)17(23)13-4-3-5-14(19)10-13/h3-11H,2H2,1H3,(H2,20,21,24). The van der Waals surface area contributed by atoms with Gasteiger partial charge in [-0.15, -0.1) is 0 Å². The quantitative estimate of drug-likeness (QED) is 0.773. The van der Waals surface area contributed by atoms with Gasteiger partial charge in [0, 0.05) is 29.4 Å². The molecule has 0 aliphatic rings. The summed E-state index contributed by atoms with van der Waals surface area (Å²) in [5.41, 5.74) is 1.59. The number of hydrogen-bond acceptors (Lipinski definition) is 2. The number of hydrogen-bond donors (Lipinski definition) is 2. The van der Waals surface area contributed by atoms with E-state index in [9.17, 15) is 14.0 Å². The second-order valence-corrected chi connectivity index (χ2v) is 5.26. The molecule has 0 aliphatic heterocycles. The molecule has 6 heteroatoms. The molecule has 0 fully saturated rings. The Morgan fingerprint density at radius 2 is 1.96 bits per heavy atom. The van der Waals surface area contributed by atoms with Crippen LogP contribution in [0.2, 0.25) is 0 Å². The summed E-state index contributed by atoms with van der Waals surface area (Å²) >= 11 is 0. The normalized spacial score (nSPS) is 10.6. The van der Waals surface area contributed by atoms with Gasteiger partial charge in [-0.3, -0.25) is 9.36 Å². The second kappa shape index (κ2) is 6.54. The predicted octanol–water partition coefficient (Wildman–Crippen LogP) is 3.61. The van der Waals surface area contributed by atoms with Crippen LogP contribution in [-0.2, 0) is 0 Å². The zero-order chi connectivity index (χ0) is 17.1. The van der Waals surface area contributed by atoms with E-state index in [1.165, 1.54) is 22.8 Å². The van der Waals surface area contributed by atoms with Crippen molar-refractivity contribution < 1.29 is 14.0 Å². The highest BCUT2D eigenvalue weighted by Gasteiger charge is 2.12. The molecule has 0 radical (unpaired) electrons. The van der Waals surface area contributed by atoms with Crippen LogP contribution in [0.15, 0.2) is 54.7 Å². The Bertz CT molecular complexity index is 918. The first-order valence-electron chi connectivity index (χ1n) is 7.54. The molecular weight excluding hydrogens is 309 g/mol. The van der Waals surface area contributed by atoms with Crippen LogP contribution in [0.3, 0.4) is 0 Å². The molecule has 1 aromatic heterocycles. The molecule has 5 nitrogen and oxygen atoms in total. The number of nitrogens with one attached hydrogen (secondary N) is 2. The van der Waals surface area contributed by atoms with Crippen LogP contribution in [0.25, 0.3) is 10.9 Å². The fourth-order valence-electron chi connectivity index (χ4n) is 2.49. The van der Waals surface area contributed by atoms with Crippen LogP contribution < -0.4 is 10.6 Å². The number of benzene rings is 2. The van der Waals surface area contributed by atoms with Crippen molar-refractivity contribution in [1.82, 2.24) is 9.88 Å². The third-order valence-corrected chi connectivity index (χ3v) is 3.58. The van der Waals surface area contributed by atoms with Crippen molar-refractivity contribution in [2.75, 3.05) is 11.9 Å². The Morgan fingerprint density at radius 3 is 2.71 bits per heavy atom. The number of carbonyl (C=O) groups excluding carboxylic acids is 2. The molecule has 2 aromatic carbocycles. The highest BCUT2D eigenvalue weighted by atomic mass is 19.1. The van der Waals surface area contributed by atoms with Crippen molar-refractivity contribution in [2.24, 2.45) is 0 Å². The van der Waals surface area contributed by atoms with E-state index >= 15 is 0 Å². The molecule has 0 aliphatic carbocycles. The number of rotatable bonds is 3. The molecule has 0 unspecified atom stereocenters. The SMILES string of the molecule is CCNC(=O)Nc1ccc2c(ccn2C(=O)c2cccc(F)c2)c1. The maximum Gasteiger partial charge on any atom is 0.319 e. The molecule has 0 saturated heterocycles. The molecule has 0 bridgehead atoms. The zero-order valence-electron chi connectivity index (χ0n) is 13.0. The highest BCUT2D eigenvalue weighted by Crippen LogP contribution is 2.21. The lowest BCUT2D eigenvalue weighted by atomic mass is 10.2. The Kier molecular flexibility index (Phi) is 4.29. The summed E-state index contributed by atoms with van der Waals surface area (Å²) in [4.78, 5) is 24.1. The van der Waals surface area contributed by atoms with Gasteiger partial charge in [0.15, 0.2) is 0 Å². The van der Waals surface area contributed by atoms with Crippen LogP contribution in [-0.4, -0.2) is 23.1 Å². The second-order valence-electron chi connectivity index (χ2n) is 5.26. The van der Waals surface area contributed by atoms with Crippen LogP contribution in [0.4, 0.5) is 14.9 Å². The number of urea groups is 1. The molecule has 0 atom stereocenters. The number of aromatic nitrogens is 1. The van der Waals surface area contributed by atoms with Crippen LogP contribution >= 0.6 is 0 Å². The molecule has 1 heterocycles. The van der Waals surface area contributed by atoms with Crippen molar-refractivity contribution in [3.63, 3.8) is 0 Å². The molecule has 2 amide bonds. The fourth-order valence-corrected chi connectivity index (χ4v) is 2.49. The topological polar surface area (TPSA) is 63.1 Å². The first-order valence-corrected chi connectivity index (χ1v) is 7.54. The van der Waals surface area contributed by atoms with E-state index in [0.29, 0.717) is 17.7 Å². The first kappa shape index (κ1) is 15.7. The summed E-state index contributed by atoms with van der Waals surface area (Å²) in [6.45, 7) is 2.37. The van der Waals surface area contributed by atoms with Gasteiger partial charge < -0.3 is 10.6 Å². The molecule has 122 valence electrons. The maximum atomic E-state index is 13.3. The summed E-state index contributed by atoms with van der Waals surface area (Å²) in [6.07, 6.45) is 1.63. The molecule has 24 heavy (non-hydrogen) atoms. The average Bonchev–Trinajstić information content (AvgIpc) is 2.97. The van der Waals surface area contributed by atoms with Gasteiger partial charge in [0.05, 0.1) is 5.52 Å². The number of anilines is 1. The lowest BCUT2D eigenvalue weighted by Gasteiger charge is -2.07. The third kappa shape index (κ3) is 3.12. The number of amides is 2. The Labute approximate surface area is 138 Å². The fraction of sp³-hybridized carbons (Fsp3) is 0.111. The van der Waals surface area contributed by atoms with E-state index in [4.69, 9.17) is 0 Å². The minimum absolute atomic E-state index is 0.275. The highest BCUT2D eigenvalue weighted by molar-refractivity contribution is 6.03.